The second-order valence-corrected chi connectivity index (χ2v) is 3.42. The van der Waals surface area contributed by atoms with Gasteiger partial charge in [-0.25, -0.2) is 9.37 Å². The Balaban J connectivity index is 2.16. The molecule has 0 radical (unpaired) electrons. The summed E-state index contributed by atoms with van der Waals surface area (Å²) < 4.78 is 15.0. The molecule has 0 unspecified atom stereocenters. The summed E-state index contributed by atoms with van der Waals surface area (Å²) in [6.45, 7) is 0.901. The third-order valence-corrected chi connectivity index (χ3v) is 2.37. The van der Waals surface area contributed by atoms with Gasteiger partial charge >= 0.3 is 0 Å². The van der Waals surface area contributed by atoms with E-state index in [9.17, 15) is 4.39 Å². The fourth-order valence-electron chi connectivity index (χ4n) is 1.62. The molecular formula is C8H13FN4. The highest BCUT2D eigenvalue weighted by molar-refractivity contribution is 5.34. The van der Waals surface area contributed by atoms with Crippen molar-refractivity contribution < 1.29 is 4.39 Å². The van der Waals surface area contributed by atoms with Gasteiger partial charge in [0, 0.05) is 26.0 Å². The summed E-state index contributed by atoms with van der Waals surface area (Å²) in [5.41, 5.74) is 5.57. The zero-order chi connectivity index (χ0) is 9.42. The molecule has 2 rings (SSSR count). The zero-order valence-electron chi connectivity index (χ0n) is 7.52. The van der Waals surface area contributed by atoms with Crippen molar-refractivity contribution >= 4 is 5.95 Å². The van der Waals surface area contributed by atoms with Gasteiger partial charge in [-0.2, -0.15) is 0 Å². The molecule has 1 fully saturated rings. The maximum Gasteiger partial charge on any atom is 0.205 e. The van der Waals surface area contributed by atoms with E-state index in [0.29, 0.717) is 13.1 Å². The lowest BCUT2D eigenvalue weighted by molar-refractivity contribution is 0.333. The van der Waals surface area contributed by atoms with Gasteiger partial charge < -0.3 is 15.2 Å². The first-order valence-corrected chi connectivity index (χ1v) is 4.30. The van der Waals surface area contributed by atoms with Crippen LogP contribution in [0.3, 0.4) is 0 Å². The third kappa shape index (κ3) is 1.39. The monoisotopic (exact) mass is 184 g/mol. The number of nitrogens with zero attached hydrogens (tertiary/aromatic N) is 3. The zero-order valence-corrected chi connectivity index (χ0v) is 7.52. The average Bonchev–Trinajstić information content (AvgIpc) is 2.60. The smallest absolute Gasteiger partial charge is 0.205 e. The number of imidazole rings is 1. The third-order valence-electron chi connectivity index (χ3n) is 2.37. The van der Waals surface area contributed by atoms with Crippen LogP contribution in [-0.4, -0.2) is 34.9 Å². The summed E-state index contributed by atoms with van der Waals surface area (Å²) in [5, 5.41) is 0. The van der Waals surface area contributed by atoms with Gasteiger partial charge in [-0.15, -0.1) is 0 Å². The first-order chi connectivity index (χ1) is 6.18. The van der Waals surface area contributed by atoms with Crippen molar-refractivity contribution in [3.05, 3.63) is 12.4 Å². The Hall–Kier alpha value is -1.10. The fraction of sp³-hybridized carbons (Fsp3) is 0.625. The number of rotatable bonds is 1. The van der Waals surface area contributed by atoms with Crippen LogP contribution in [0.5, 0.6) is 0 Å². The van der Waals surface area contributed by atoms with Crippen LogP contribution < -0.4 is 10.6 Å². The highest BCUT2D eigenvalue weighted by Crippen LogP contribution is 2.18. The van der Waals surface area contributed by atoms with Crippen molar-refractivity contribution in [2.24, 2.45) is 12.8 Å². The molecule has 1 aliphatic rings. The minimum atomic E-state index is -0.934. The summed E-state index contributed by atoms with van der Waals surface area (Å²) in [6, 6.07) is -0.378. The lowest BCUT2D eigenvalue weighted by Gasteiger charge is -2.15. The van der Waals surface area contributed by atoms with Crippen molar-refractivity contribution in [2.45, 2.75) is 12.2 Å². The van der Waals surface area contributed by atoms with Gasteiger partial charge in [0.05, 0.1) is 12.6 Å². The normalized spacial score (nSPS) is 28.4. The van der Waals surface area contributed by atoms with Crippen molar-refractivity contribution in [3.8, 4) is 0 Å². The SMILES string of the molecule is Cn1ccnc1N1C[C@H](N)[C@@H](F)C1. The minimum Gasteiger partial charge on any atom is -0.338 e. The van der Waals surface area contributed by atoms with Crippen molar-refractivity contribution in [2.75, 3.05) is 18.0 Å². The summed E-state index contributed by atoms with van der Waals surface area (Å²) in [5.74, 6) is 0.788. The summed E-state index contributed by atoms with van der Waals surface area (Å²) >= 11 is 0. The molecule has 2 atom stereocenters. The molecule has 0 saturated carbocycles. The highest BCUT2D eigenvalue weighted by Gasteiger charge is 2.31. The number of hydrogen-bond acceptors (Lipinski definition) is 3. The molecule has 2 heterocycles. The number of alkyl halides is 1. The van der Waals surface area contributed by atoms with Crippen LogP contribution in [-0.2, 0) is 7.05 Å². The molecule has 5 heteroatoms. The molecule has 0 bridgehead atoms. The van der Waals surface area contributed by atoms with Gasteiger partial charge in [0.1, 0.15) is 6.17 Å². The molecule has 4 nitrogen and oxygen atoms in total. The van der Waals surface area contributed by atoms with Gasteiger partial charge in [-0.3, -0.25) is 0 Å². The van der Waals surface area contributed by atoms with E-state index in [1.165, 1.54) is 0 Å². The van der Waals surface area contributed by atoms with E-state index in [-0.39, 0.29) is 6.04 Å². The Morgan fingerprint density at radius 2 is 2.38 bits per heavy atom. The van der Waals surface area contributed by atoms with Crippen molar-refractivity contribution in [1.29, 1.82) is 0 Å². The van der Waals surface area contributed by atoms with Crippen molar-refractivity contribution in [3.63, 3.8) is 0 Å². The number of aromatic nitrogens is 2. The highest BCUT2D eigenvalue weighted by atomic mass is 19.1. The number of nitrogens with two attached hydrogens (primary N) is 1. The van der Waals surface area contributed by atoms with E-state index in [4.69, 9.17) is 5.73 Å². The Morgan fingerprint density at radius 3 is 2.85 bits per heavy atom. The Labute approximate surface area is 76.2 Å². The Kier molecular flexibility index (Phi) is 1.95. The first-order valence-electron chi connectivity index (χ1n) is 4.30. The lowest BCUT2D eigenvalue weighted by Crippen LogP contribution is -2.30. The summed E-state index contributed by atoms with van der Waals surface area (Å²) in [7, 11) is 1.89. The standard InChI is InChI=1S/C8H13FN4/c1-12-3-2-11-8(12)13-4-6(9)7(10)5-13/h2-3,6-7H,4-5,10H2,1H3/t6-,7-/m0/s1. The lowest BCUT2D eigenvalue weighted by atomic mass is 10.3. The van der Waals surface area contributed by atoms with Crippen LogP contribution in [0.15, 0.2) is 12.4 Å². The van der Waals surface area contributed by atoms with E-state index < -0.39 is 6.17 Å². The largest absolute Gasteiger partial charge is 0.338 e. The predicted octanol–water partition coefficient (Wildman–Crippen LogP) is -0.0945. The molecule has 1 aromatic rings. The van der Waals surface area contributed by atoms with Gasteiger partial charge in [-0.1, -0.05) is 0 Å². The number of anilines is 1. The molecule has 1 aromatic heterocycles. The maximum atomic E-state index is 13.1. The molecule has 72 valence electrons. The molecule has 0 amide bonds. The quantitative estimate of drug-likeness (QED) is 0.663. The summed E-state index contributed by atoms with van der Waals surface area (Å²) in [6.07, 6.45) is 2.61. The number of halogens is 1. The van der Waals surface area contributed by atoms with Crippen LogP contribution in [0, 0.1) is 0 Å². The van der Waals surface area contributed by atoms with Gasteiger partial charge in [0.15, 0.2) is 0 Å². The van der Waals surface area contributed by atoms with E-state index in [2.05, 4.69) is 4.98 Å². The Bertz CT molecular complexity index is 288. The van der Waals surface area contributed by atoms with E-state index in [1.54, 1.807) is 6.20 Å². The maximum absolute atomic E-state index is 13.1. The second-order valence-electron chi connectivity index (χ2n) is 3.42. The van der Waals surface area contributed by atoms with E-state index >= 15 is 0 Å². The molecule has 0 aliphatic carbocycles. The fourth-order valence-corrected chi connectivity index (χ4v) is 1.62. The summed E-state index contributed by atoms with van der Waals surface area (Å²) in [4.78, 5) is 6.00. The van der Waals surface area contributed by atoms with Crippen LogP contribution in [0.1, 0.15) is 0 Å². The molecule has 1 saturated heterocycles. The molecule has 0 aromatic carbocycles. The van der Waals surface area contributed by atoms with Crippen LogP contribution in [0.2, 0.25) is 0 Å². The topological polar surface area (TPSA) is 47.1 Å². The van der Waals surface area contributed by atoms with Gasteiger partial charge in [-0.05, 0) is 0 Å². The van der Waals surface area contributed by atoms with Gasteiger partial charge in [0.25, 0.3) is 0 Å². The second kappa shape index (κ2) is 2.99. The molecule has 13 heavy (non-hydrogen) atoms. The Morgan fingerprint density at radius 1 is 1.62 bits per heavy atom. The number of aryl methyl sites for hydroxylation is 1. The van der Waals surface area contributed by atoms with E-state index in [1.807, 2.05) is 22.7 Å². The van der Waals surface area contributed by atoms with Crippen LogP contribution in [0.25, 0.3) is 0 Å². The van der Waals surface area contributed by atoms with E-state index in [0.717, 1.165) is 5.95 Å². The minimum absolute atomic E-state index is 0.353. The molecule has 0 spiro atoms. The van der Waals surface area contributed by atoms with Gasteiger partial charge in [0.2, 0.25) is 5.95 Å². The van der Waals surface area contributed by atoms with Crippen molar-refractivity contribution in [1.82, 2.24) is 9.55 Å². The first kappa shape index (κ1) is 8.50. The predicted molar refractivity (Wildman–Crippen MR) is 48.3 cm³/mol. The number of hydrogen-bond donors (Lipinski definition) is 1. The van der Waals surface area contributed by atoms with Crippen LogP contribution >= 0.6 is 0 Å². The molecular weight excluding hydrogens is 171 g/mol. The average molecular weight is 184 g/mol. The molecule has 1 aliphatic heterocycles. The molecule has 2 N–H and O–H groups in total. The van der Waals surface area contributed by atoms with Crippen LogP contribution in [0.4, 0.5) is 10.3 Å².